The minimum absolute atomic E-state index is 0.306. The van der Waals surface area contributed by atoms with Gasteiger partial charge in [-0.05, 0) is 40.2 Å². The number of rotatable bonds is 2. The fourth-order valence-corrected chi connectivity index (χ4v) is 1.95. The van der Waals surface area contributed by atoms with Crippen LogP contribution in [0.25, 0.3) is 0 Å². The molecule has 0 saturated carbocycles. The number of hydrogen-bond donors (Lipinski definition) is 2. The van der Waals surface area contributed by atoms with Crippen molar-refractivity contribution in [3.63, 3.8) is 0 Å². The Morgan fingerprint density at radius 2 is 2.05 bits per heavy atom. The molecule has 1 heterocycles. The van der Waals surface area contributed by atoms with Crippen molar-refractivity contribution in [2.75, 3.05) is 11.1 Å². The summed E-state index contributed by atoms with van der Waals surface area (Å²) in [5.41, 5.74) is 6.93. The quantitative estimate of drug-likeness (QED) is 0.628. The standard InChI is InChI=1S/C12H8BrCl2N3O/c13-8-4-7(5-17-11(8)15)18-12(19)6-1-2-9(14)10(16)3-6/h1-5H,16H2,(H,18,19). The van der Waals surface area contributed by atoms with Crippen LogP contribution in [0.4, 0.5) is 11.4 Å². The minimum Gasteiger partial charge on any atom is -0.398 e. The molecule has 4 nitrogen and oxygen atoms in total. The van der Waals surface area contributed by atoms with Crippen molar-refractivity contribution in [2.45, 2.75) is 0 Å². The number of amides is 1. The number of hydrogen-bond acceptors (Lipinski definition) is 3. The summed E-state index contributed by atoms with van der Waals surface area (Å²) >= 11 is 14.8. The lowest BCUT2D eigenvalue weighted by Crippen LogP contribution is -2.12. The molecule has 1 aromatic heterocycles. The van der Waals surface area contributed by atoms with Gasteiger partial charge in [0.05, 0.1) is 27.1 Å². The number of benzene rings is 1. The lowest BCUT2D eigenvalue weighted by molar-refractivity contribution is 0.102. The van der Waals surface area contributed by atoms with Crippen LogP contribution in [0.5, 0.6) is 0 Å². The summed E-state index contributed by atoms with van der Waals surface area (Å²) in [6.45, 7) is 0. The molecule has 19 heavy (non-hydrogen) atoms. The van der Waals surface area contributed by atoms with Gasteiger partial charge in [-0.3, -0.25) is 4.79 Å². The zero-order valence-corrected chi connectivity index (χ0v) is 12.6. The Bertz CT molecular complexity index is 649. The summed E-state index contributed by atoms with van der Waals surface area (Å²) in [6, 6.07) is 6.33. The molecule has 0 radical (unpaired) electrons. The van der Waals surface area contributed by atoms with Crippen LogP contribution in [-0.2, 0) is 0 Å². The molecule has 0 aliphatic rings. The first-order valence-electron chi connectivity index (χ1n) is 5.15. The maximum atomic E-state index is 12.0. The van der Waals surface area contributed by atoms with E-state index in [4.69, 9.17) is 28.9 Å². The topological polar surface area (TPSA) is 68.0 Å². The molecular formula is C12H8BrCl2N3O. The van der Waals surface area contributed by atoms with Crippen molar-refractivity contribution >= 4 is 56.4 Å². The second kappa shape index (κ2) is 5.77. The Morgan fingerprint density at radius 3 is 2.68 bits per heavy atom. The van der Waals surface area contributed by atoms with Crippen molar-refractivity contribution < 1.29 is 4.79 Å². The summed E-state index contributed by atoms with van der Waals surface area (Å²) in [5.74, 6) is -0.306. The first-order chi connectivity index (χ1) is 8.97. The van der Waals surface area contributed by atoms with Crippen LogP contribution in [0, 0.1) is 0 Å². The van der Waals surface area contributed by atoms with E-state index in [0.29, 0.717) is 31.6 Å². The van der Waals surface area contributed by atoms with Crippen molar-refractivity contribution in [3.05, 3.63) is 50.7 Å². The summed E-state index contributed by atoms with van der Waals surface area (Å²) in [5, 5.41) is 3.42. The Morgan fingerprint density at radius 1 is 1.32 bits per heavy atom. The van der Waals surface area contributed by atoms with Crippen LogP contribution >= 0.6 is 39.1 Å². The third-order valence-corrected chi connectivity index (χ3v) is 3.79. The summed E-state index contributed by atoms with van der Waals surface area (Å²) in [7, 11) is 0. The van der Waals surface area contributed by atoms with E-state index in [0.717, 1.165) is 0 Å². The minimum atomic E-state index is -0.306. The number of aromatic nitrogens is 1. The molecule has 0 unspecified atom stereocenters. The third-order valence-electron chi connectivity index (χ3n) is 2.31. The molecule has 7 heteroatoms. The van der Waals surface area contributed by atoms with Crippen LogP contribution in [-0.4, -0.2) is 10.9 Å². The summed E-state index contributed by atoms with van der Waals surface area (Å²) in [6.07, 6.45) is 1.46. The SMILES string of the molecule is Nc1cc(C(=O)Nc2cnc(Cl)c(Br)c2)ccc1Cl. The van der Waals surface area contributed by atoms with E-state index < -0.39 is 0 Å². The fraction of sp³-hybridized carbons (Fsp3) is 0. The van der Waals surface area contributed by atoms with Gasteiger partial charge < -0.3 is 11.1 Å². The highest BCUT2D eigenvalue weighted by Gasteiger charge is 2.09. The van der Waals surface area contributed by atoms with E-state index in [-0.39, 0.29) is 5.91 Å². The van der Waals surface area contributed by atoms with Crippen molar-refractivity contribution in [3.8, 4) is 0 Å². The fourth-order valence-electron chi connectivity index (χ4n) is 1.38. The van der Waals surface area contributed by atoms with E-state index in [1.807, 2.05) is 0 Å². The Balaban J connectivity index is 2.20. The average Bonchev–Trinajstić information content (AvgIpc) is 2.37. The molecule has 1 amide bonds. The van der Waals surface area contributed by atoms with Crippen LogP contribution in [0.2, 0.25) is 10.2 Å². The number of carbonyl (C=O) groups excluding carboxylic acids is 1. The number of carbonyl (C=O) groups is 1. The van der Waals surface area contributed by atoms with Crippen LogP contribution < -0.4 is 11.1 Å². The van der Waals surface area contributed by atoms with Gasteiger partial charge in [0.1, 0.15) is 5.15 Å². The van der Waals surface area contributed by atoms with Gasteiger partial charge in [-0.15, -0.1) is 0 Å². The molecule has 0 aliphatic heterocycles. The Labute approximate surface area is 128 Å². The van der Waals surface area contributed by atoms with Crippen LogP contribution in [0.1, 0.15) is 10.4 Å². The molecule has 0 fully saturated rings. The van der Waals surface area contributed by atoms with E-state index in [1.165, 1.54) is 12.3 Å². The predicted molar refractivity (Wildman–Crippen MR) is 80.8 cm³/mol. The molecule has 0 bridgehead atoms. The van der Waals surface area contributed by atoms with E-state index in [9.17, 15) is 4.79 Å². The van der Waals surface area contributed by atoms with Crippen molar-refractivity contribution in [2.24, 2.45) is 0 Å². The van der Waals surface area contributed by atoms with Crippen molar-refractivity contribution in [1.29, 1.82) is 0 Å². The van der Waals surface area contributed by atoms with Gasteiger partial charge in [-0.25, -0.2) is 4.98 Å². The van der Waals surface area contributed by atoms with Crippen LogP contribution in [0.3, 0.4) is 0 Å². The highest BCUT2D eigenvalue weighted by Crippen LogP contribution is 2.24. The largest absolute Gasteiger partial charge is 0.398 e. The van der Waals surface area contributed by atoms with E-state index in [1.54, 1.807) is 18.2 Å². The molecule has 0 atom stereocenters. The normalized spacial score (nSPS) is 10.3. The number of anilines is 2. The molecule has 98 valence electrons. The average molecular weight is 361 g/mol. The highest BCUT2D eigenvalue weighted by atomic mass is 79.9. The molecule has 0 spiro atoms. The number of nitrogen functional groups attached to an aromatic ring is 1. The number of nitrogens with two attached hydrogens (primary N) is 1. The summed E-state index contributed by atoms with van der Waals surface area (Å²) in [4.78, 5) is 15.9. The molecule has 2 aromatic rings. The molecule has 0 aliphatic carbocycles. The van der Waals surface area contributed by atoms with Gasteiger partial charge in [0.15, 0.2) is 0 Å². The Hall–Kier alpha value is -1.30. The maximum Gasteiger partial charge on any atom is 0.255 e. The molecule has 3 N–H and O–H groups in total. The number of nitrogens with zero attached hydrogens (tertiary/aromatic N) is 1. The predicted octanol–water partition coefficient (Wildman–Crippen LogP) is 3.99. The zero-order valence-electron chi connectivity index (χ0n) is 9.45. The zero-order chi connectivity index (χ0) is 14.0. The lowest BCUT2D eigenvalue weighted by Gasteiger charge is -2.07. The lowest BCUT2D eigenvalue weighted by atomic mass is 10.2. The van der Waals surface area contributed by atoms with Gasteiger partial charge in [-0.1, -0.05) is 23.2 Å². The second-order valence-electron chi connectivity index (χ2n) is 3.69. The van der Waals surface area contributed by atoms with Gasteiger partial charge in [0, 0.05) is 5.56 Å². The van der Waals surface area contributed by atoms with Crippen LogP contribution in [0.15, 0.2) is 34.9 Å². The van der Waals surface area contributed by atoms with Crippen molar-refractivity contribution in [1.82, 2.24) is 4.98 Å². The number of nitrogens with one attached hydrogen (secondary N) is 1. The van der Waals surface area contributed by atoms with Gasteiger partial charge in [-0.2, -0.15) is 0 Å². The summed E-state index contributed by atoms with van der Waals surface area (Å²) < 4.78 is 0.600. The van der Waals surface area contributed by atoms with Gasteiger partial charge in [0.25, 0.3) is 5.91 Å². The monoisotopic (exact) mass is 359 g/mol. The number of halogens is 3. The molecule has 2 rings (SSSR count). The first-order valence-corrected chi connectivity index (χ1v) is 6.69. The second-order valence-corrected chi connectivity index (χ2v) is 5.31. The highest BCUT2D eigenvalue weighted by molar-refractivity contribution is 9.10. The smallest absolute Gasteiger partial charge is 0.255 e. The Kier molecular flexibility index (Phi) is 4.29. The van der Waals surface area contributed by atoms with E-state index in [2.05, 4.69) is 26.2 Å². The first kappa shape index (κ1) is 14.1. The maximum absolute atomic E-state index is 12.0. The molecule has 1 aromatic carbocycles. The molecular weight excluding hydrogens is 353 g/mol. The molecule has 0 saturated heterocycles. The van der Waals surface area contributed by atoms with E-state index >= 15 is 0 Å². The number of pyridine rings is 1. The third kappa shape index (κ3) is 3.37. The van der Waals surface area contributed by atoms with Gasteiger partial charge in [0.2, 0.25) is 0 Å². The van der Waals surface area contributed by atoms with Gasteiger partial charge >= 0.3 is 0 Å².